The van der Waals surface area contributed by atoms with Crippen LogP contribution in [0.4, 0.5) is 0 Å². The van der Waals surface area contributed by atoms with Crippen LogP contribution in [0.3, 0.4) is 0 Å². The van der Waals surface area contributed by atoms with E-state index in [1.54, 1.807) is 0 Å². The van der Waals surface area contributed by atoms with Crippen molar-refractivity contribution in [2.45, 2.75) is 26.8 Å². The molecule has 1 fully saturated rings. The van der Waals surface area contributed by atoms with Crippen LogP contribution in [0.25, 0.3) is 0 Å². The predicted molar refractivity (Wildman–Crippen MR) is 81.7 cm³/mol. The van der Waals surface area contributed by atoms with Crippen molar-refractivity contribution in [2.75, 3.05) is 39.4 Å². The standard InChI is InChI=1S/C16H26N2O2/c1-4-19-16-11-15(6-5-13(16)2)20-12-14(3)18-9-7-17-8-10-18/h5-6,11,14,17H,4,7-10,12H2,1-3H3. The molecule has 1 N–H and O–H groups in total. The van der Waals surface area contributed by atoms with Crippen LogP contribution >= 0.6 is 0 Å². The zero-order valence-electron chi connectivity index (χ0n) is 12.8. The molecule has 0 bridgehead atoms. The molecule has 2 rings (SSSR count). The second kappa shape index (κ2) is 7.50. The first-order valence-electron chi connectivity index (χ1n) is 7.51. The number of benzene rings is 1. The third kappa shape index (κ3) is 4.12. The maximum atomic E-state index is 5.92. The smallest absolute Gasteiger partial charge is 0.125 e. The number of nitrogens with zero attached hydrogens (tertiary/aromatic N) is 1. The Morgan fingerprint density at radius 2 is 2.00 bits per heavy atom. The molecular formula is C16H26N2O2. The highest BCUT2D eigenvalue weighted by molar-refractivity contribution is 5.39. The summed E-state index contributed by atoms with van der Waals surface area (Å²) in [5, 5.41) is 3.37. The molecule has 4 nitrogen and oxygen atoms in total. The van der Waals surface area contributed by atoms with Gasteiger partial charge in [-0.1, -0.05) is 6.07 Å². The van der Waals surface area contributed by atoms with Crippen LogP contribution in [0.2, 0.25) is 0 Å². The predicted octanol–water partition coefficient (Wildman–Crippen LogP) is 2.07. The van der Waals surface area contributed by atoms with Crippen molar-refractivity contribution >= 4 is 0 Å². The van der Waals surface area contributed by atoms with Gasteiger partial charge in [0.2, 0.25) is 0 Å². The Kier molecular flexibility index (Phi) is 5.68. The topological polar surface area (TPSA) is 33.7 Å². The van der Waals surface area contributed by atoms with Crippen molar-refractivity contribution < 1.29 is 9.47 Å². The van der Waals surface area contributed by atoms with E-state index in [0.717, 1.165) is 43.2 Å². The van der Waals surface area contributed by atoms with Gasteiger partial charge in [-0.3, -0.25) is 4.90 Å². The maximum Gasteiger partial charge on any atom is 0.125 e. The summed E-state index contributed by atoms with van der Waals surface area (Å²) < 4.78 is 11.5. The lowest BCUT2D eigenvalue weighted by molar-refractivity contribution is 0.132. The SMILES string of the molecule is CCOc1cc(OCC(C)N2CCNCC2)ccc1C. The van der Waals surface area contributed by atoms with E-state index in [1.165, 1.54) is 0 Å². The second-order valence-electron chi connectivity index (χ2n) is 5.31. The van der Waals surface area contributed by atoms with Gasteiger partial charge in [0.25, 0.3) is 0 Å². The summed E-state index contributed by atoms with van der Waals surface area (Å²) in [7, 11) is 0. The van der Waals surface area contributed by atoms with Crippen LogP contribution in [0, 0.1) is 6.92 Å². The Labute approximate surface area is 122 Å². The Balaban J connectivity index is 1.88. The van der Waals surface area contributed by atoms with E-state index in [0.29, 0.717) is 19.3 Å². The molecule has 112 valence electrons. The van der Waals surface area contributed by atoms with E-state index in [9.17, 15) is 0 Å². The minimum Gasteiger partial charge on any atom is -0.493 e. The third-order valence-corrected chi connectivity index (χ3v) is 3.73. The van der Waals surface area contributed by atoms with Crippen LogP contribution in [0.5, 0.6) is 11.5 Å². The van der Waals surface area contributed by atoms with Gasteiger partial charge < -0.3 is 14.8 Å². The molecule has 1 aromatic carbocycles. The average molecular weight is 278 g/mol. The largest absolute Gasteiger partial charge is 0.493 e. The Bertz CT molecular complexity index is 417. The van der Waals surface area contributed by atoms with E-state index in [1.807, 2.05) is 19.1 Å². The molecule has 1 saturated heterocycles. The first-order chi connectivity index (χ1) is 9.70. The molecular weight excluding hydrogens is 252 g/mol. The van der Waals surface area contributed by atoms with Gasteiger partial charge in [-0.25, -0.2) is 0 Å². The number of hydrogen-bond donors (Lipinski definition) is 1. The van der Waals surface area contributed by atoms with Crippen LogP contribution in [-0.2, 0) is 0 Å². The molecule has 1 atom stereocenters. The summed E-state index contributed by atoms with van der Waals surface area (Å²) in [4.78, 5) is 2.47. The minimum absolute atomic E-state index is 0.439. The van der Waals surface area contributed by atoms with Gasteiger partial charge in [0, 0.05) is 38.3 Å². The molecule has 0 aromatic heterocycles. The van der Waals surface area contributed by atoms with Gasteiger partial charge in [0.1, 0.15) is 18.1 Å². The fourth-order valence-electron chi connectivity index (χ4n) is 2.43. The first kappa shape index (κ1) is 15.1. The summed E-state index contributed by atoms with van der Waals surface area (Å²) >= 11 is 0. The third-order valence-electron chi connectivity index (χ3n) is 3.73. The highest BCUT2D eigenvalue weighted by Gasteiger charge is 2.16. The van der Waals surface area contributed by atoms with Crippen LogP contribution in [0.15, 0.2) is 18.2 Å². The van der Waals surface area contributed by atoms with Gasteiger partial charge in [-0.2, -0.15) is 0 Å². The minimum atomic E-state index is 0.439. The van der Waals surface area contributed by atoms with Gasteiger partial charge in [0.05, 0.1) is 6.61 Å². The molecule has 0 spiro atoms. The van der Waals surface area contributed by atoms with Crippen molar-refractivity contribution in [1.29, 1.82) is 0 Å². The zero-order chi connectivity index (χ0) is 14.4. The number of ether oxygens (including phenoxy) is 2. The molecule has 0 saturated carbocycles. The van der Waals surface area contributed by atoms with Crippen LogP contribution in [0.1, 0.15) is 19.4 Å². The van der Waals surface area contributed by atoms with E-state index in [4.69, 9.17) is 9.47 Å². The summed E-state index contributed by atoms with van der Waals surface area (Å²) in [6.07, 6.45) is 0. The summed E-state index contributed by atoms with van der Waals surface area (Å²) in [6.45, 7) is 12.0. The molecule has 0 aliphatic carbocycles. The Morgan fingerprint density at radius 3 is 2.70 bits per heavy atom. The Morgan fingerprint density at radius 1 is 1.25 bits per heavy atom. The normalized spacial score (nSPS) is 17.8. The summed E-state index contributed by atoms with van der Waals surface area (Å²) in [6, 6.07) is 6.50. The van der Waals surface area contributed by atoms with Crippen molar-refractivity contribution in [3.05, 3.63) is 23.8 Å². The van der Waals surface area contributed by atoms with Crippen LogP contribution < -0.4 is 14.8 Å². The molecule has 1 aliphatic rings. The molecule has 1 aliphatic heterocycles. The fourth-order valence-corrected chi connectivity index (χ4v) is 2.43. The lowest BCUT2D eigenvalue weighted by Gasteiger charge is -2.32. The van der Waals surface area contributed by atoms with Gasteiger partial charge >= 0.3 is 0 Å². The second-order valence-corrected chi connectivity index (χ2v) is 5.31. The number of aryl methyl sites for hydroxylation is 1. The summed E-state index contributed by atoms with van der Waals surface area (Å²) in [5.41, 5.74) is 1.15. The van der Waals surface area contributed by atoms with E-state index >= 15 is 0 Å². The lowest BCUT2D eigenvalue weighted by atomic mass is 10.2. The molecule has 0 amide bonds. The van der Waals surface area contributed by atoms with Crippen LogP contribution in [-0.4, -0.2) is 50.3 Å². The van der Waals surface area contributed by atoms with Crippen molar-refractivity contribution in [3.63, 3.8) is 0 Å². The summed E-state index contributed by atoms with van der Waals surface area (Å²) in [5.74, 6) is 1.81. The number of piperazine rings is 1. The van der Waals surface area contributed by atoms with E-state index in [2.05, 4.69) is 30.1 Å². The number of hydrogen-bond acceptors (Lipinski definition) is 4. The Hall–Kier alpha value is -1.26. The highest BCUT2D eigenvalue weighted by Crippen LogP contribution is 2.24. The quantitative estimate of drug-likeness (QED) is 0.863. The lowest BCUT2D eigenvalue weighted by Crippen LogP contribution is -2.49. The van der Waals surface area contributed by atoms with E-state index < -0.39 is 0 Å². The van der Waals surface area contributed by atoms with Crippen molar-refractivity contribution in [3.8, 4) is 11.5 Å². The van der Waals surface area contributed by atoms with Gasteiger partial charge in [0.15, 0.2) is 0 Å². The molecule has 0 radical (unpaired) electrons. The van der Waals surface area contributed by atoms with E-state index in [-0.39, 0.29) is 0 Å². The average Bonchev–Trinajstić information content (AvgIpc) is 2.49. The molecule has 4 heteroatoms. The zero-order valence-corrected chi connectivity index (χ0v) is 12.8. The first-order valence-corrected chi connectivity index (χ1v) is 7.51. The molecule has 20 heavy (non-hydrogen) atoms. The maximum absolute atomic E-state index is 5.92. The number of rotatable bonds is 6. The fraction of sp³-hybridized carbons (Fsp3) is 0.625. The monoisotopic (exact) mass is 278 g/mol. The van der Waals surface area contributed by atoms with Gasteiger partial charge in [-0.05, 0) is 32.4 Å². The van der Waals surface area contributed by atoms with Gasteiger partial charge in [-0.15, -0.1) is 0 Å². The van der Waals surface area contributed by atoms with Crippen molar-refractivity contribution in [2.24, 2.45) is 0 Å². The molecule has 1 unspecified atom stereocenters. The number of nitrogens with one attached hydrogen (secondary N) is 1. The molecule has 1 heterocycles. The van der Waals surface area contributed by atoms with Crippen molar-refractivity contribution in [1.82, 2.24) is 10.2 Å². The highest BCUT2D eigenvalue weighted by atomic mass is 16.5. The molecule has 1 aromatic rings.